The Labute approximate surface area is 83.1 Å². The van der Waals surface area contributed by atoms with Gasteiger partial charge in [-0.15, -0.1) is 0 Å². The van der Waals surface area contributed by atoms with Crippen molar-refractivity contribution in [2.75, 3.05) is 6.54 Å². The van der Waals surface area contributed by atoms with E-state index < -0.39 is 7.12 Å². The van der Waals surface area contributed by atoms with Gasteiger partial charge in [-0.05, 0) is 24.9 Å². The minimum Gasteiger partial charge on any atom is -0.423 e. The molecule has 0 radical (unpaired) electrons. The van der Waals surface area contributed by atoms with Crippen molar-refractivity contribution in [2.45, 2.75) is 18.9 Å². The fourth-order valence-corrected chi connectivity index (χ4v) is 1.78. The summed E-state index contributed by atoms with van der Waals surface area (Å²) in [6, 6.07) is 2.11. The Hall–Kier alpha value is -0.905. The van der Waals surface area contributed by atoms with Crippen molar-refractivity contribution >= 4 is 12.6 Å². The zero-order valence-electron chi connectivity index (χ0n) is 7.85. The summed E-state index contributed by atoms with van der Waals surface area (Å²) < 4.78 is 0. The molecule has 14 heavy (non-hydrogen) atoms. The van der Waals surface area contributed by atoms with Crippen LogP contribution in [0.25, 0.3) is 0 Å². The van der Waals surface area contributed by atoms with E-state index in [4.69, 9.17) is 10.0 Å². The third-order valence-electron chi connectivity index (χ3n) is 2.54. The lowest BCUT2D eigenvalue weighted by molar-refractivity contribution is 0.425. The summed E-state index contributed by atoms with van der Waals surface area (Å²) in [7, 11) is -1.43. The number of nitrogens with zero attached hydrogens (tertiary/aromatic N) is 1. The molecule has 1 aliphatic rings. The standard InChI is InChI=1S/C9H13BN2O2/c13-10(14)8-4-7(5-11-6-8)9-2-1-3-12-9/h4-6,9,12-14H,1-3H2. The summed E-state index contributed by atoms with van der Waals surface area (Å²) >= 11 is 0. The molecular formula is C9H13BN2O2. The van der Waals surface area contributed by atoms with E-state index in [0.29, 0.717) is 11.5 Å². The van der Waals surface area contributed by atoms with Crippen LogP contribution in [0.2, 0.25) is 0 Å². The minimum absolute atomic E-state index is 0.321. The number of rotatable bonds is 2. The van der Waals surface area contributed by atoms with Crippen LogP contribution in [0, 0.1) is 0 Å². The van der Waals surface area contributed by atoms with Gasteiger partial charge in [0.1, 0.15) is 0 Å². The fourth-order valence-electron chi connectivity index (χ4n) is 1.78. The molecule has 1 saturated heterocycles. The first-order valence-electron chi connectivity index (χ1n) is 4.82. The second-order valence-corrected chi connectivity index (χ2v) is 3.57. The molecular weight excluding hydrogens is 179 g/mol. The van der Waals surface area contributed by atoms with Crippen LogP contribution >= 0.6 is 0 Å². The van der Waals surface area contributed by atoms with Gasteiger partial charge >= 0.3 is 7.12 Å². The lowest BCUT2D eigenvalue weighted by Gasteiger charge is -2.10. The Balaban J connectivity index is 2.21. The maximum Gasteiger partial charge on any atom is 0.490 e. The average molecular weight is 192 g/mol. The number of pyridine rings is 1. The van der Waals surface area contributed by atoms with Crippen molar-refractivity contribution in [2.24, 2.45) is 0 Å². The Kier molecular flexibility index (Phi) is 2.81. The van der Waals surface area contributed by atoms with Crippen LogP contribution in [-0.4, -0.2) is 28.7 Å². The van der Waals surface area contributed by atoms with Crippen LogP contribution < -0.4 is 10.8 Å². The fraction of sp³-hybridized carbons (Fsp3) is 0.444. The molecule has 0 aliphatic carbocycles. The van der Waals surface area contributed by atoms with Crippen LogP contribution in [-0.2, 0) is 0 Å². The normalized spacial score (nSPS) is 21.1. The number of nitrogens with one attached hydrogen (secondary N) is 1. The predicted molar refractivity (Wildman–Crippen MR) is 54.0 cm³/mol. The highest BCUT2D eigenvalue weighted by Gasteiger charge is 2.18. The van der Waals surface area contributed by atoms with Crippen molar-refractivity contribution in [1.82, 2.24) is 10.3 Å². The molecule has 0 amide bonds. The van der Waals surface area contributed by atoms with Crippen molar-refractivity contribution in [3.8, 4) is 0 Å². The summed E-state index contributed by atoms with van der Waals surface area (Å²) in [5, 5.41) is 21.3. The summed E-state index contributed by atoms with van der Waals surface area (Å²) in [5.41, 5.74) is 1.49. The minimum atomic E-state index is -1.43. The molecule has 3 N–H and O–H groups in total. The second-order valence-electron chi connectivity index (χ2n) is 3.57. The van der Waals surface area contributed by atoms with Crippen molar-refractivity contribution in [3.05, 3.63) is 24.0 Å². The number of aromatic nitrogens is 1. The lowest BCUT2D eigenvalue weighted by atomic mass is 9.80. The summed E-state index contributed by atoms with van der Waals surface area (Å²) in [6.07, 6.45) is 5.50. The van der Waals surface area contributed by atoms with Crippen LogP contribution in [0.5, 0.6) is 0 Å². The molecule has 0 spiro atoms. The Morgan fingerprint density at radius 2 is 2.29 bits per heavy atom. The first-order valence-corrected chi connectivity index (χ1v) is 4.82. The molecule has 0 bridgehead atoms. The van der Waals surface area contributed by atoms with E-state index in [-0.39, 0.29) is 0 Å². The zero-order valence-corrected chi connectivity index (χ0v) is 7.85. The van der Waals surface area contributed by atoms with Gasteiger partial charge in [-0.1, -0.05) is 6.07 Å². The zero-order chi connectivity index (χ0) is 9.97. The molecule has 1 aromatic rings. The van der Waals surface area contributed by atoms with Crippen LogP contribution in [0.3, 0.4) is 0 Å². The molecule has 4 nitrogen and oxygen atoms in total. The van der Waals surface area contributed by atoms with E-state index in [9.17, 15) is 0 Å². The monoisotopic (exact) mass is 192 g/mol. The third-order valence-corrected chi connectivity index (χ3v) is 2.54. The molecule has 2 heterocycles. The molecule has 1 unspecified atom stereocenters. The first-order chi connectivity index (χ1) is 6.77. The van der Waals surface area contributed by atoms with Gasteiger partial charge in [0, 0.05) is 23.9 Å². The quantitative estimate of drug-likeness (QED) is 0.536. The van der Waals surface area contributed by atoms with Gasteiger partial charge in [-0.25, -0.2) is 0 Å². The van der Waals surface area contributed by atoms with Gasteiger partial charge in [0.05, 0.1) is 0 Å². The molecule has 0 aromatic carbocycles. The van der Waals surface area contributed by atoms with E-state index in [1.165, 1.54) is 6.20 Å². The van der Waals surface area contributed by atoms with Crippen molar-refractivity contribution in [3.63, 3.8) is 0 Å². The maximum atomic E-state index is 8.99. The average Bonchev–Trinajstić information content (AvgIpc) is 2.71. The largest absolute Gasteiger partial charge is 0.490 e. The molecule has 2 rings (SSSR count). The molecule has 1 atom stereocenters. The predicted octanol–water partition coefficient (Wildman–Crippen LogP) is -0.814. The first kappa shape index (κ1) is 9.64. The van der Waals surface area contributed by atoms with E-state index >= 15 is 0 Å². The molecule has 74 valence electrons. The highest BCUT2D eigenvalue weighted by Crippen LogP contribution is 2.21. The van der Waals surface area contributed by atoms with E-state index in [1.807, 2.05) is 0 Å². The highest BCUT2D eigenvalue weighted by atomic mass is 16.4. The van der Waals surface area contributed by atoms with E-state index in [2.05, 4.69) is 10.3 Å². The SMILES string of the molecule is OB(O)c1cncc(C2CCCN2)c1. The van der Waals surface area contributed by atoms with Gasteiger partial charge in [-0.3, -0.25) is 4.98 Å². The van der Waals surface area contributed by atoms with Crippen LogP contribution in [0.15, 0.2) is 18.5 Å². The van der Waals surface area contributed by atoms with Crippen LogP contribution in [0.4, 0.5) is 0 Å². The van der Waals surface area contributed by atoms with Crippen molar-refractivity contribution < 1.29 is 10.0 Å². The number of hydrogen-bond donors (Lipinski definition) is 3. The van der Waals surface area contributed by atoms with Gasteiger partial charge < -0.3 is 15.4 Å². The molecule has 5 heteroatoms. The van der Waals surface area contributed by atoms with E-state index in [1.54, 1.807) is 12.3 Å². The van der Waals surface area contributed by atoms with Crippen molar-refractivity contribution in [1.29, 1.82) is 0 Å². The summed E-state index contributed by atoms with van der Waals surface area (Å²) in [5.74, 6) is 0. The Morgan fingerprint density at radius 1 is 1.43 bits per heavy atom. The molecule has 0 saturated carbocycles. The summed E-state index contributed by atoms with van der Waals surface area (Å²) in [4.78, 5) is 3.99. The lowest BCUT2D eigenvalue weighted by Crippen LogP contribution is -2.31. The Morgan fingerprint density at radius 3 is 2.93 bits per heavy atom. The molecule has 1 aromatic heterocycles. The maximum absolute atomic E-state index is 8.99. The van der Waals surface area contributed by atoms with Gasteiger partial charge in [0.15, 0.2) is 0 Å². The van der Waals surface area contributed by atoms with Crippen LogP contribution in [0.1, 0.15) is 24.4 Å². The topological polar surface area (TPSA) is 65.4 Å². The molecule has 1 aliphatic heterocycles. The second kappa shape index (κ2) is 4.08. The van der Waals surface area contributed by atoms with Gasteiger partial charge in [0.25, 0.3) is 0 Å². The van der Waals surface area contributed by atoms with E-state index in [0.717, 1.165) is 24.9 Å². The highest BCUT2D eigenvalue weighted by molar-refractivity contribution is 6.58. The summed E-state index contributed by atoms with van der Waals surface area (Å²) in [6.45, 7) is 1.02. The van der Waals surface area contributed by atoms with Gasteiger partial charge in [0.2, 0.25) is 0 Å². The smallest absolute Gasteiger partial charge is 0.423 e. The Bertz CT molecular complexity index is 313. The number of hydrogen-bond acceptors (Lipinski definition) is 4. The third kappa shape index (κ3) is 1.95. The van der Waals surface area contributed by atoms with Gasteiger partial charge in [-0.2, -0.15) is 0 Å². The molecule has 1 fully saturated rings.